The number of halogens is 1. The Labute approximate surface area is 128 Å². The summed E-state index contributed by atoms with van der Waals surface area (Å²) >= 11 is 3.30. The van der Waals surface area contributed by atoms with Crippen LogP contribution in [0.5, 0.6) is 0 Å². The maximum atomic E-state index is 12.8. The van der Waals surface area contributed by atoms with E-state index in [0.29, 0.717) is 28.8 Å². The van der Waals surface area contributed by atoms with E-state index in [4.69, 9.17) is 10.5 Å². The minimum Gasteiger partial charge on any atom is -0.398 e. The predicted molar refractivity (Wildman–Crippen MR) is 82.1 cm³/mol. The number of nitrogen functional groups attached to an aromatic ring is 1. The highest BCUT2D eigenvalue weighted by Gasteiger charge is 2.31. The summed E-state index contributed by atoms with van der Waals surface area (Å²) < 4.78 is 33.0. The molecule has 112 valence electrons. The van der Waals surface area contributed by atoms with Gasteiger partial charge in [0.2, 0.25) is 10.0 Å². The Morgan fingerprint density at radius 2 is 2.15 bits per heavy atom. The number of hydrogen-bond acceptors (Lipinski definition) is 4. The number of hydrogen-bond donors (Lipinski definition) is 1. The SMILES string of the molecule is COC1CCCN(S(=O)(=O)c2cc(Br)cc(N)c2C)C1. The molecule has 2 rings (SSSR count). The summed E-state index contributed by atoms with van der Waals surface area (Å²) in [5.74, 6) is 0. The number of anilines is 1. The lowest BCUT2D eigenvalue weighted by Crippen LogP contribution is -2.43. The van der Waals surface area contributed by atoms with Crippen LogP contribution in [0.25, 0.3) is 0 Å². The van der Waals surface area contributed by atoms with Gasteiger partial charge in [0.1, 0.15) is 0 Å². The average molecular weight is 363 g/mol. The Kier molecular flexibility index (Phi) is 4.73. The molecule has 5 nitrogen and oxygen atoms in total. The third-order valence-corrected chi connectivity index (χ3v) is 6.11. The first-order valence-electron chi connectivity index (χ1n) is 6.45. The summed E-state index contributed by atoms with van der Waals surface area (Å²) in [7, 11) is -1.92. The molecule has 0 aliphatic carbocycles. The molecule has 7 heteroatoms. The van der Waals surface area contributed by atoms with Gasteiger partial charge in [-0.2, -0.15) is 4.31 Å². The first kappa shape index (κ1) is 15.8. The fraction of sp³-hybridized carbons (Fsp3) is 0.538. The first-order chi connectivity index (χ1) is 9.36. The van der Waals surface area contributed by atoms with Crippen molar-refractivity contribution in [3.8, 4) is 0 Å². The van der Waals surface area contributed by atoms with Crippen LogP contribution in [0, 0.1) is 6.92 Å². The lowest BCUT2D eigenvalue weighted by atomic mass is 10.1. The third kappa shape index (κ3) is 3.00. The molecule has 1 fully saturated rings. The highest BCUT2D eigenvalue weighted by molar-refractivity contribution is 9.10. The van der Waals surface area contributed by atoms with E-state index in [9.17, 15) is 8.42 Å². The third-order valence-electron chi connectivity index (χ3n) is 3.66. The van der Waals surface area contributed by atoms with Gasteiger partial charge in [-0.25, -0.2) is 8.42 Å². The molecular formula is C13H19BrN2O3S. The topological polar surface area (TPSA) is 72.6 Å². The molecule has 1 aliphatic rings. The van der Waals surface area contributed by atoms with Gasteiger partial charge in [0.15, 0.2) is 0 Å². The predicted octanol–water partition coefficient (Wildman–Crippen LogP) is 2.14. The number of nitrogens with two attached hydrogens (primary N) is 1. The molecule has 2 N–H and O–H groups in total. The van der Waals surface area contributed by atoms with Gasteiger partial charge in [-0.3, -0.25) is 0 Å². The second-order valence-electron chi connectivity index (χ2n) is 4.98. The van der Waals surface area contributed by atoms with E-state index in [1.165, 1.54) is 4.31 Å². The molecule has 0 spiro atoms. The van der Waals surface area contributed by atoms with Gasteiger partial charge in [0, 0.05) is 30.4 Å². The highest BCUT2D eigenvalue weighted by atomic mass is 79.9. The van der Waals surface area contributed by atoms with Gasteiger partial charge in [0.05, 0.1) is 11.0 Å². The zero-order valence-electron chi connectivity index (χ0n) is 11.6. The molecule has 1 aromatic rings. The van der Waals surface area contributed by atoms with Gasteiger partial charge in [-0.05, 0) is 37.5 Å². The number of sulfonamides is 1. The Balaban J connectivity index is 2.40. The fourth-order valence-corrected chi connectivity index (χ4v) is 4.81. The van der Waals surface area contributed by atoms with Crippen molar-refractivity contribution in [1.82, 2.24) is 4.31 Å². The Morgan fingerprint density at radius 3 is 2.80 bits per heavy atom. The molecule has 1 aliphatic heterocycles. The van der Waals surface area contributed by atoms with Crippen molar-refractivity contribution in [3.05, 3.63) is 22.2 Å². The van der Waals surface area contributed by atoms with Crippen LogP contribution in [0.2, 0.25) is 0 Å². The van der Waals surface area contributed by atoms with Gasteiger partial charge in [0.25, 0.3) is 0 Å². The van der Waals surface area contributed by atoms with Crippen LogP contribution < -0.4 is 5.73 Å². The number of ether oxygens (including phenoxy) is 1. The molecule has 1 heterocycles. The molecule has 0 saturated carbocycles. The minimum absolute atomic E-state index is 0.0386. The molecule has 1 atom stereocenters. The summed E-state index contributed by atoms with van der Waals surface area (Å²) in [6.07, 6.45) is 1.66. The van der Waals surface area contributed by atoms with Gasteiger partial charge in [-0.15, -0.1) is 0 Å². The summed E-state index contributed by atoms with van der Waals surface area (Å²) in [4.78, 5) is 0.265. The molecule has 20 heavy (non-hydrogen) atoms. The van der Waals surface area contributed by atoms with Crippen LogP contribution in [-0.4, -0.2) is 39.0 Å². The van der Waals surface area contributed by atoms with E-state index in [0.717, 1.165) is 12.8 Å². The fourth-order valence-electron chi connectivity index (χ4n) is 2.40. The quantitative estimate of drug-likeness (QED) is 0.836. The largest absolute Gasteiger partial charge is 0.398 e. The smallest absolute Gasteiger partial charge is 0.243 e. The summed E-state index contributed by atoms with van der Waals surface area (Å²) in [5.41, 5.74) is 6.92. The van der Waals surface area contributed by atoms with Gasteiger partial charge < -0.3 is 10.5 Å². The minimum atomic E-state index is -3.54. The molecule has 0 amide bonds. The van der Waals surface area contributed by atoms with Gasteiger partial charge >= 0.3 is 0 Å². The van der Waals surface area contributed by atoms with E-state index in [1.807, 2.05) is 0 Å². The normalized spacial score (nSPS) is 21.1. The molecule has 0 bridgehead atoms. The Hall–Kier alpha value is -0.630. The van der Waals surface area contributed by atoms with Crippen LogP contribution in [0.1, 0.15) is 18.4 Å². The van der Waals surface area contributed by atoms with Crippen molar-refractivity contribution in [2.24, 2.45) is 0 Å². The van der Waals surface area contributed by atoms with Crippen LogP contribution in [0.3, 0.4) is 0 Å². The monoisotopic (exact) mass is 362 g/mol. The van der Waals surface area contributed by atoms with Crippen molar-refractivity contribution in [2.75, 3.05) is 25.9 Å². The van der Waals surface area contributed by atoms with E-state index in [-0.39, 0.29) is 11.0 Å². The molecule has 1 unspecified atom stereocenters. The second-order valence-corrected chi connectivity index (χ2v) is 7.80. The standard InChI is InChI=1S/C13H19BrN2O3S/c1-9-12(15)6-10(14)7-13(9)20(17,18)16-5-3-4-11(8-16)19-2/h6-7,11H,3-5,8,15H2,1-2H3. The van der Waals surface area contributed by atoms with E-state index in [2.05, 4.69) is 15.9 Å². The van der Waals surface area contributed by atoms with E-state index in [1.54, 1.807) is 26.2 Å². The van der Waals surface area contributed by atoms with Crippen LogP contribution in [-0.2, 0) is 14.8 Å². The molecule has 1 aromatic carbocycles. The number of methoxy groups -OCH3 is 1. The Bertz CT molecular complexity index is 604. The molecule has 0 radical (unpaired) electrons. The lowest BCUT2D eigenvalue weighted by molar-refractivity contribution is 0.0572. The zero-order chi connectivity index (χ0) is 14.9. The van der Waals surface area contributed by atoms with Gasteiger partial charge in [-0.1, -0.05) is 15.9 Å². The van der Waals surface area contributed by atoms with Crippen molar-refractivity contribution >= 4 is 31.6 Å². The lowest BCUT2D eigenvalue weighted by Gasteiger charge is -2.31. The molecule has 0 aromatic heterocycles. The molecular weight excluding hydrogens is 344 g/mol. The van der Waals surface area contributed by atoms with Crippen molar-refractivity contribution in [2.45, 2.75) is 30.8 Å². The second kappa shape index (κ2) is 6.01. The average Bonchev–Trinajstić information content (AvgIpc) is 2.42. The highest BCUT2D eigenvalue weighted by Crippen LogP contribution is 2.30. The van der Waals surface area contributed by atoms with E-state index < -0.39 is 10.0 Å². The van der Waals surface area contributed by atoms with Crippen molar-refractivity contribution in [1.29, 1.82) is 0 Å². The number of rotatable bonds is 3. The molecule has 1 saturated heterocycles. The van der Waals surface area contributed by atoms with E-state index >= 15 is 0 Å². The summed E-state index contributed by atoms with van der Waals surface area (Å²) in [5, 5.41) is 0. The number of piperidine rings is 1. The summed E-state index contributed by atoms with van der Waals surface area (Å²) in [6.45, 7) is 2.64. The zero-order valence-corrected chi connectivity index (χ0v) is 14.0. The maximum Gasteiger partial charge on any atom is 0.243 e. The van der Waals surface area contributed by atoms with Crippen molar-refractivity contribution < 1.29 is 13.2 Å². The van der Waals surface area contributed by atoms with Crippen LogP contribution in [0.15, 0.2) is 21.5 Å². The van der Waals surface area contributed by atoms with Crippen LogP contribution >= 0.6 is 15.9 Å². The van der Waals surface area contributed by atoms with Crippen LogP contribution in [0.4, 0.5) is 5.69 Å². The Morgan fingerprint density at radius 1 is 1.45 bits per heavy atom. The summed E-state index contributed by atoms with van der Waals surface area (Å²) in [6, 6.07) is 3.32. The maximum absolute atomic E-state index is 12.8. The first-order valence-corrected chi connectivity index (χ1v) is 8.68. The number of benzene rings is 1. The number of nitrogens with zero attached hydrogens (tertiary/aromatic N) is 1. The van der Waals surface area contributed by atoms with Crippen molar-refractivity contribution in [3.63, 3.8) is 0 Å².